The normalized spacial score (nSPS) is 11.9. The number of anilines is 1. The fourth-order valence-corrected chi connectivity index (χ4v) is 2.90. The quantitative estimate of drug-likeness (QED) is 0.767. The Hall–Kier alpha value is -3.28. The average Bonchev–Trinajstić information content (AvgIpc) is 2.84. The molecule has 0 fully saturated rings. The minimum atomic E-state index is -0.283. The second kappa shape index (κ2) is 8.40. The summed E-state index contributed by atoms with van der Waals surface area (Å²) >= 11 is 0. The van der Waals surface area contributed by atoms with Crippen LogP contribution in [0, 0.1) is 0 Å². The van der Waals surface area contributed by atoms with Crippen molar-refractivity contribution in [3.8, 4) is 11.5 Å². The molecule has 1 heterocycles. The number of nitrogens with one attached hydrogen (secondary N) is 2. The largest absolute Gasteiger partial charge is 0.454 e. The van der Waals surface area contributed by atoms with Crippen molar-refractivity contribution in [1.29, 1.82) is 0 Å². The van der Waals surface area contributed by atoms with Gasteiger partial charge in [0.05, 0.1) is 5.56 Å². The molecule has 2 aromatic carbocycles. The Morgan fingerprint density at radius 2 is 1.96 bits per heavy atom. The fourth-order valence-electron chi connectivity index (χ4n) is 2.90. The minimum absolute atomic E-state index is 0.283. The predicted molar refractivity (Wildman–Crippen MR) is 109 cm³/mol. The van der Waals surface area contributed by atoms with Crippen LogP contribution in [0.25, 0.3) is 0 Å². The first kappa shape index (κ1) is 18.5. The van der Waals surface area contributed by atoms with E-state index in [2.05, 4.69) is 36.0 Å². The Morgan fingerprint density at radius 1 is 1.19 bits per heavy atom. The Morgan fingerprint density at radius 3 is 2.70 bits per heavy atom. The predicted octanol–water partition coefficient (Wildman–Crippen LogP) is 4.52. The molecular formula is C21H24N4O2. The lowest BCUT2D eigenvalue weighted by atomic mass is 10.1. The van der Waals surface area contributed by atoms with Crippen LogP contribution in [-0.2, 0) is 0 Å². The van der Waals surface area contributed by atoms with Crippen LogP contribution < -0.4 is 15.4 Å². The number of rotatable bonds is 5. The maximum Gasteiger partial charge on any atom is 0.319 e. The van der Waals surface area contributed by atoms with E-state index in [0.29, 0.717) is 23.7 Å². The van der Waals surface area contributed by atoms with E-state index in [-0.39, 0.29) is 6.03 Å². The molecule has 3 rings (SSSR count). The molecule has 2 N–H and O–H groups in total. The number of para-hydroxylation sites is 2. The van der Waals surface area contributed by atoms with Gasteiger partial charge in [0.15, 0.2) is 5.75 Å². The van der Waals surface area contributed by atoms with Gasteiger partial charge in [-0.3, -0.25) is 0 Å². The molecule has 6 heteroatoms. The number of fused-ring (bicyclic) bond motifs is 2. The van der Waals surface area contributed by atoms with Crippen LogP contribution in [0.2, 0.25) is 0 Å². The number of ether oxygens (including phenoxy) is 1. The number of nitrogens with zero attached hydrogens (tertiary/aromatic N) is 2. The summed E-state index contributed by atoms with van der Waals surface area (Å²) in [4.78, 5) is 19.0. The number of aliphatic imine (C=N–C) groups is 1. The molecule has 0 saturated heterocycles. The van der Waals surface area contributed by atoms with Crippen LogP contribution in [-0.4, -0.2) is 36.4 Å². The van der Waals surface area contributed by atoms with Gasteiger partial charge < -0.3 is 20.3 Å². The number of hydrogen-bond acceptors (Lipinski definition) is 4. The van der Waals surface area contributed by atoms with Crippen LogP contribution in [0.4, 0.5) is 16.2 Å². The smallest absolute Gasteiger partial charge is 0.319 e. The highest BCUT2D eigenvalue weighted by molar-refractivity contribution is 6.05. The van der Waals surface area contributed by atoms with E-state index in [4.69, 9.17) is 9.73 Å². The molecule has 140 valence electrons. The maximum absolute atomic E-state index is 12.0. The number of urea groups is 1. The van der Waals surface area contributed by atoms with Crippen LogP contribution in [0.5, 0.6) is 11.5 Å². The summed E-state index contributed by atoms with van der Waals surface area (Å²) in [6, 6.07) is 13.0. The number of carbonyl (C=O) groups excluding carboxylic acids is 1. The molecule has 2 aromatic rings. The van der Waals surface area contributed by atoms with Crippen molar-refractivity contribution in [3.63, 3.8) is 0 Å². The Labute approximate surface area is 159 Å². The van der Waals surface area contributed by atoms with E-state index in [1.807, 2.05) is 42.5 Å². The van der Waals surface area contributed by atoms with E-state index in [1.54, 1.807) is 6.08 Å². The topological polar surface area (TPSA) is 66.0 Å². The second-order valence-electron chi connectivity index (χ2n) is 6.01. The van der Waals surface area contributed by atoms with Gasteiger partial charge in [0, 0.05) is 25.3 Å². The molecule has 0 unspecified atom stereocenters. The first-order valence-corrected chi connectivity index (χ1v) is 9.07. The molecule has 1 aliphatic heterocycles. The fraction of sp³-hybridized carbons (Fsp3) is 0.238. The molecule has 1 aliphatic rings. The first-order valence-electron chi connectivity index (χ1n) is 9.07. The van der Waals surface area contributed by atoms with Crippen LogP contribution >= 0.6 is 0 Å². The third-order valence-electron chi connectivity index (χ3n) is 4.26. The number of amides is 2. The summed E-state index contributed by atoms with van der Waals surface area (Å²) < 4.78 is 6.11. The third-order valence-corrected chi connectivity index (χ3v) is 4.26. The Bertz CT molecular complexity index is 872. The van der Waals surface area contributed by atoms with Crippen LogP contribution in [0.3, 0.4) is 0 Å². The van der Waals surface area contributed by atoms with Crippen LogP contribution in [0.1, 0.15) is 19.4 Å². The lowest BCUT2D eigenvalue weighted by Gasteiger charge is -2.23. The van der Waals surface area contributed by atoms with E-state index >= 15 is 0 Å². The SMILES string of the molecule is C=CCNC(=O)Nc1ccc2c(c1)C(N(CC)CC)=Nc1ccccc1O2. The zero-order valence-electron chi connectivity index (χ0n) is 15.7. The molecule has 0 aliphatic carbocycles. The molecular weight excluding hydrogens is 340 g/mol. The zero-order chi connectivity index (χ0) is 19.2. The Balaban J connectivity index is 2.02. The second-order valence-corrected chi connectivity index (χ2v) is 6.01. The van der Waals surface area contributed by atoms with E-state index < -0.39 is 0 Å². The van der Waals surface area contributed by atoms with Gasteiger partial charge in [-0.15, -0.1) is 6.58 Å². The standard InChI is InChI=1S/C21H24N4O2/c1-4-13-22-21(26)23-15-11-12-18-16(14-15)20(25(5-2)6-3)24-17-9-7-8-10-19(17)27-18/h4,7-12,14H,1,5-6,13H2,2-3H3,(H2,22,23,26). The summed E-state index contributed by atoms with van der Waals surface area (Å²) in [7, 11) is 0. The maximum atomic E-state index is 12.0. The number of carbonyl (C=O) groups is 1. The molecule has 0 saturated carbocycles. The van der Waals surface area contributed by atoms with Gasteiger partial charge in [-0.05, 0) is 44.2 Å². The van der Waals surface area contributed by atoms with Crippen LogP contribution in [0.15, 0.2) is 60.1 Å². The highest BCUT2D eigenvalue weighted by atomic mass is 16.5. The van der Waals surface area contributed by atoms with Crippen molar-refractivity contribution >= 4 is 23.2 Å². The van der Waals surface area contributed by atoms with Crippen molar-refractivity contribution in [3.05, 3.63) is 60.7 Å². The summed E-state index contributed by atoms with van der Waals surface area (Å²) in [6.07, 6.45) is 1.63. The first-order chi connectivity index (χ1) is 13.2. The van der Waals surface area contributed by atoms with Gasteiger partial charge in [-0.2, -0.15) is 0 Å². The summed E-state index contributed by atoms with van der Waals surface area (Å²) in [5, 5.41) is 5.54. The van der Waals surface area contributed by atoms with Crippen molar-refractivity contribution in [2.45, 2.75) is 13.8 Å². The highest BCUT2D eigenvalue weighted by Gasteiger charge is 2.22. The van der Waals surface area contributed by atoms with Gasteiger partial charge in [0.1, 0.15) is 17.3 Å². The zero-order valence-corrected chi connectivity index (χ0v) is 15.7. The lowest BCUT2D eigenvalue weighted by molar-refractivity contribution is 0.253. The van der Waals surface area contributed by atoms with E-state index in [0.717, 1.165) is 30.2 Å². The molecule has 0 bridgehead atoms. The minimum Gasteiger partial charge on any atom is -0.454 e. The monoisotopic (exact) mass is 364 g/mol. The van der Waals surface area contributed by atoms with E-state index in [9.17, 15) is 4.79 Å². The molecule has 2 amide bonds. The average molecular weight is 364 g/mol. The van der Waals surface area contributed by atoms with Gasteiger partial charge in [0.25, 0.3) is 0 Å². The van der Waals surface area contributed by atoms with Crippen molar-refractivity contribution < 1.29 is 9.53 Å². The van der Waals surface area contributed by atoms with Gasteiger partial charge in [-0.25, -0.2) is 9.79 Å². The van der Waals surface area contributed by atoms with Gasteiger partial charge >= 0.3 is 6.03 Å². The molecule has 6 nitrogen and oxygen atoms in total. The molecule has 27 heavy (non-hydrogen) atoms. The van der Waals surface area contributed by atoms with Crippen molar-refractivity contribution in [1.82, 2.24) is 10.2 Å². The number of hydrogen-bond donors (Lipinski definition) is 2. The van der Waals surface area contributed by atoms with E-state index in [1.165, 1.54) is 0 Å². The van der Waals surface area contributed by atoms with Gasteiger partial charge in [0.2, 0.25) is 0 Å². The number of amidine groups is 1. The Kier molecular flexibility index (Phi) is 5.76. The number of benzene rings is 2. The summed E-state index contributed by atoms with van der Waals surface area (Å²) in [6.45, 7) is 9.81. The summed E-state index contributed by atoms with van der Waals surface area (Å²) in [5.74, 6) is 2.25. The molecule has 0 atom stereocenters. The molecule has 0 spiro atoms. The molecule has 0 radical (unpaired) electrons. The van der Waals surface area contributed by atoms with Crippen molar-refractivity contribution in [2.24, 2.45) is 4.99 Å². The molecule has 0 aromatic heterocycles. The van der Waals surface area contributed by atoms with Crippen molar-refractivity contribution in [2.75, 3.05) is 25.0 Å². The highest BCUT2D eigenvalue weighted by Crippen LogP contribution is 2.38. The lowest BCUT2D eigenvalue weighted by Crippen LogP contribution is -2.31. The third kappa shape index (κ3) is 4.11. The van der Waals surface area contributed by atoms with Gasteiger partial charge in [-0.1, -0.05) is 18.2 Å². The summed E-state index contributed by atoms with van der Waals surface area (Å²) in [5.41, 5.74) is 2.30.